The molecule has 0 radical (unpaired) electrons. The van der Waals surface area contributed by atoms with Crippen molar-refractivity contribution in [1.82, 2.24) is 5.16 Å². The van der Waals surface area contributed by atoms with Gasteiger partial charge in [0.15, 0.2) is 0 Å². The van der Waals surface area contributed by atoms with E-state index in [0.29, 0.717) is 29.5 Å². The monoisotopic (exact) mass is 508 g/mol. The van der Waals surface area contributed by atoms with Crippen molar-refractivity contribution in [3.05, 3.63) is 114 Å². The Morgan fingerprint density at radius 2 is 1.62 bits per heavy atom. The maximum Gasteiger partial charge on any atom is 1.00 e. The molecule has 4 rings (SSSR count). The maximum absolute atomic E-state index is 11.2. The van der Waals surface area contributed by atoms with Gasteiger partial charge in [-0.25, -0.2) is 0 Å². The summed E-state index contributed by atoms with van der Waals surface area (Å²) >= 11 is 0. The summed E-state index contributed by atoms with van der Waals surface area (Å²) in [7, 11) is 1.51. The molecule has 0 bridgehead atoms. The molecule has 1 unspecified atom stereocenters. The standard InChI is InChI=1S/C28H26N2O6.Na/c1-33-29-27(22-5-3-2-4-6-22)19-35-23-11-7-20(8-12-23)18-34-24-13-9-21(10-14-24)25(17-28(31)32)26-15-16-36-30-26;/h2-16,25H,17-19H2,1H3,(H,31,32);/q;+1/p-1/b29-27+;. The molecular formula is C28H25N2NaO6. The molecule has 0 aliphatic carbocycles. The summed E-state index contributed by atoms with van der Waals surface area (Å²) in [6.07, 6.45) is 1.23. The summed E-state index contributed by atoms with van der Waals surface area (Å²) in [6.45, 7) is 0.638. The first-order valence-electron chi connectivity index (χ1n) is 11.3. The van der Waals surface area contributed by atoms with E-state index in [0.717, 1.165) is 16.7 Å². The zero-order valence-corrected chi connectivity index (χ0v) is 22.7. The predicted molar refractivity (Wildman–Crippen MR) is 131 cm³/mol. The average Bonchev–Trinajstić information content (AvgIpc) is 3.45. The maximum atomic E-state index is 11.2. The summed E-state index contributed by atoms with van der Waals surface area (Å²) in [5.41, 5.74) is 3.92. The van der Waals surface area contributed by atoms with Gasteiger partial charge in [0.25, 0.3) is 0 Å². The molecule has 0 N–H and O–H groups in total. The van der Waals surface area contributed by atoms with E-state index in [4.69, 9.17) is 18.8 Å². The third-order valence-electron chi connectivity index (χ3n) is 5.48. The molecule has 4 aromatic rings. The van der Waals surface area contributed by atoms with Crippen molar-refractivity contribution in [2.45, 2.75) is 18.9 Å². The van der Waals surface area contributed by atoms with E-state index in [1.54, 1.807) is 18.2 Å². The minimum Gasteiger partial charge on any atom is -0.550 e. The van der Waals surface area contributed by atoms with Gasteiger partial charge in [-0.2, -0.15) is 0 Å². The Morgan fingerprint density at radius 1 is 0.946 bits per heavy atom. The quantitative estimate of drug-likeness (QED) is 0.159. The number of carboxylic acids is 1. The molecule has 8 nitrogen and oxygen atoms in total. The molecule has 0 saturated carbocycles. The smallest absolute Gasteiger partial charge is 0.550 e. The van der Waals surface area contributed by atoms with Gasteiger partial charge in [0.05, 0.1) is 5.69 Å². The van der Waals surface area contributed by atoms with Crippen molar-refractivity contribution in [3.8, 4) is 11.5 Å². The van der Waals surface area contributed by atoms with E-state index in [-0.39, 0.29) is 42.6 Å². The van der Waals surface area contributed by atoms with Crippen LogP contribution in [0.5, 0.6) is 11.5 Å². The Kier molecular flexibility index (Phi) is 10.8. The van der Waals surface area contributed by atoms with Crippen LogP contribution in [0.15, 0.2) is 101 Å². The predicted octanol–water partition coefficient (Wildman–Crippen LogP) is 0.959. The Morgan fingerprint density at radius 3 is 2.24 bits per heavy atom. The van der Waals surface area contributed by atoms with Crippen LogP contribution < -0.4 is 44.1 Å². The molecule has 37 heavy (non-hydrogen) atoms. The Balaban J connectivity index is 0.00000380. The van der Waals surface area contributed by atoms with Gasteiger partial charge in [0, 0.05) is 23.5 Å². The normalized spacial score (nSPS) is 11.8. The van der Waals surface area contributed by atoms with Crippen molar-refractivity contribution in [2.24, 2.45) is 5.16 Å². The second kappa shape index (κ2) is 14.2. The van der Waals surface area contributed by atoms with Gasteiger partial charge in [-0.15, -0.1) is 0 Å². The summed E-state index contributed by atoms with van der Waals surface area (Å²) in [5, 5.41) is 19.1. The molecular weight excluding hydrogens is 483 g/mol. The molecule has 1 heterocycles. The first kappa shape index (κ1) is 28.0. The van der Waals surface area contributed by atoms with Crippen LogP contribution in [0.25, 0.3) is 0 Å². The molecule has 0 amide bonds. The molecule has 9 heteroatoms. The van der Waals surface area contributed by atoms with Crippen LogP contribution in [0.4, 0.5) is 0 Å². The fraction of sp³-hybridized carbons (Fsp3) is 0.179. The average molecular weight is 509 g/mol. The zero-order chi connectivity index (χ0) is 25.2. The number of carbonyl (C=O) groups excluding carboxylic acids is 1. The van der Waals surface area contributed by atoms with Crippen molar-refractivity contribution in [1.29, 1.82) is 0 Å². The largest absolute Gasteiger partial charge is 1.00 e. The first-order valence-corrected chi connectivity index (χ1v) is 11.3. The van der Waals surface area contributed by atoms with Crippen molar-refractivity contribution in [2.75, 3.05) is 13.7 Å². The third kappa shape index (κ3) is 8.21. The van der Waals surface area contributed by atoms with Crippen LogP contribution in [0.3, 0.4) is 0 Å². The van der Waals surface area contributed by atoms with E-state index < -0.39 is 11.9 Å². The first-order chi connectivity index (χ1) is 17.6. The minimum atomic E-state index is -1.15. The van der Waals surface area contributed by atoms with E-state index in [9.17, 15) is 9.90 Å². The van der Waals surface area contributed by atoms with Gasteiger partial charge in [0.2, 0.25) is 0 Å². The molecule has 0 aliphatic rings. The Bertz CT molecular complexity index is 1260. The number of aliphatic carboxylic acids is 1. The van der Waals surface area contributed by atoms with Crippen LogP contribution in [-0.2, 0) is 16.2 Å². The molecule has 0 fully saturated rings. The summed E-state index contributed by atoms with van der Waals surface area (Å²) in [5.74, 6) is -0.242. The number of carboxylic acid groups (broad SMARTS) is 1. The van der Waals surface area contributed by atoms with Crippen molar-refractivity contribution < 1.29 is 58.3 Å². The SMILES string of the molecule is CO/N=C(\COc1ccc(COc2ccc(C(CC(=O)[O-])c3ccon3)cc2)cc1)c1ccccc1.[Na+]. The van der Waals surface area contributed by atoms with E-state index >= 15 is 0 Å². The van der Waals surface area contributed by atoms with Crippen LogP contribution in [0.2, 0.25) is 0 Å². The molecule has 0 saturated heterocycles. The molecule has 0 aliphatic heterocycles. The summed E-state index contributed by atoms with van der Waals surface area (Å²) in [4.78, 5) is 16.1. The molecule has 1 aromatic heterocycles. The number of ether oxygens (including phenoxy) is 2. The fourth-order valence-electron chi connectivity index (χ4n) is 3.66. The topological polar surface area (TPSA) is 106 Å². The van der Waals surface area contributed by atoms with E-state index in [1.807, 2.05) is 66.7 Å². The van der Waals surface area contributed by atoms with Crippen LogP contribution >= 0.6 is 0 Å². The molecule has 3 aromatic carbocycles. The van der Waals surface area contributed by atoms with Gasteiger partial charge >= 0.3 is 29.6 Å². The van der Waals surface area contributed by atoms with Crippen LogP contribution in [0, 0.1) is 0 Å². The van der Waals surface area contributed by atoms with Gasteiger partial charge < -0.3 is 28.7 Å². The second-order valence-electron chi connectivity index (χ2n) is 7.93. The van der Waals surface area contributed by atoms with Gasteiger partial charge in [-0.05, 0) is 41.8 Å². The number of oxime groups is 1. The Hall–Kier alpha value is -3.59. The Labute approximate surface area is 237 Å². The van der Waals surface area contributed by atoms with Gasteiger partial charge in [0.1, 0.15) is 43.8 Å². The second-order valence-corrected chi connectivity index (χ2v) is 7.93. The summed E-state index contributed by atoms with van der Waals surface area (Å²) in [6, 6.07) is 26.2. The zero-order valence-electron chi connectivity index (χ0n) is 20.7. The van der Waals surface area contributed by atoms with Crippen molar-refractivity contribution >= 4 is 11.7 Å². The number of hydrogen-bond donors (Lipinski definition) is 0. The number of rotatable bonds is 12. The molecule has 0 spiro atoms. The number of benzene rings is 3. The number of aromatic nitrogens is 1. The summed E-state index contributed by atoms with van der Waals surface area (Å²) < 4.78 is 16.6. The molecule has 184 valence electrons. The van der Waals surface area contributed by atoms with Gasteiger partial charge in [-0.3, -0.25) is 0 Å². The number of carbonyl (C=O) groups is 1. The van der Waals surface area contributed by atoms with Crippen LogP contribution in [-0.4, -0.2) is 30.6 Å². The number of nitrogens with zero attached hydrogens (tertiary/aromatic N) is 2. The third-order valence-corrected chi connectivity index (χ3v) is 5.48. The minimum absolute atomic E-state index is 0. The number of hydrogen-bond acceptors (Lipinski definition) is 8. The van der Waals surface area contributed by atoms with Gasteiger partial charge in [-0.1, -0.05) is 64.9 Å². The van der Waals surface area contributed by atoms with E-state index in [2.05, 4.69) is 10.3 Å². The molecule has 1 atom stereocenters. The van der Waals surface area contributed by atoms with Crippen LogP contribution in [0.1, 0.15) is 34.7 Å². The van der Waals surface area contributed by atoms with E-state index in [1.165, 1.54) is 13.4 Å². The van der Waals surface area contributed by atoms with Crippen molar-refractivity contribution in [3.63, 3.8) is 0 Å². The fourth-order valence-corrected chi connectivity index (χ4v) is 3.66.